The fraction of sp³-hybridized carbons (Fsp3) is 0.150. The third-order valence-electron chi connectivity index (χ3n) is 4.16. The van der Waals surface area contributed by atoms with Crippen LogP contribution in [0.25, 0.3) is 16.6 Å². The highest BCUT2D eigenvalue weighted by molar-refractivity contribution is 7.12. The molecule has 0 saturated heterocycles. The van der Waals surface area contributed by atoms with E-state index in [1.54, 1.807) is 48.4 Å². The van der Waals surface area contributed by atoms with Crippen LogP contribution in [0.15, 0.2) is 52.5 Å². The summed E-state index contributed by atoms with van der Waals surface area (Å²) < 4.78 is 17.4. The zero-order valence-electron chi connectivity index (χ0n) is 16.5. The molecule has 10 heteroatoms. The molecule has 0 unspecified atom stereocenters. The SMILES string of the molecule is COc1ccc(NC(=O)Nc2cc(C)nn2-c2nc(-c3ccco3)cs2)cc1OC. The molecule has 0 saturated carbocycles. The number of rotatable bonds is 6. The van der Waals surface area contributed by atoms with Crippen LogP contribution in [0.1, 0.15) is 5.69 Å². The monoisotopic (exact) mass is 425 g/mol. The van der Waals surface area contributed by atoms with Gasteiger partial charge in [0.05, 0.1) is 26.2 Å². The fourth-order valence-corrected chi connectivity index (χ4v) is 3.60. The summed E-state index contributed by atoms with van der Waals surface area (Å²) in [6, 6.07) is 10.1. The predicted molar refractivity (Wildman–Crippen MR) is 114 cm³/mol. The first kappa shape index (κ1) is 19.5. The van der Waals surface area contributed by atoms with Gasteiger partial charge in [-0.3, -0.25) is 5.32 Å². The van der Waals surface area contributed by atoms with Crippen molar-refractivity contribution >= 4 is 28.9 Å². The number of urea groups is 1. The number of aryl methyl sites for hydroxylation is 1. The average molecular weight is 425 g/mol. The zero-order valence-corrected chi connectivity index (χ0v) is 17.3. The number of methoxy groups -OCH3 is 2. The molecule has 2 N–H and O–H groups in total. The van der Waals surface area contributed by atoms with E-state index in [0.717, 1.165) is 5.69 Å². The number of amides is 2. The Kier molecular flexibility index (Phi) is 5.40. The van der Waals surface area contributed by atoms with Gasteiger partial charge < -0.3 is 19.2 Å². The molecule has 2 amide bonds. The number of anilines is 2. The van der Waals surface area contributed by atoms with Crippen molar-refractivity contribution in [1.29, 1.82) is 0 Å². The van der Waals surface area contributed by atoms with Crippen LogP contribution in [0.5, 0.6) is 11.5 Å². The summed E-state index contributed by atoms with van der Waals surface area (Å²) in [7, 11) is 3.09. The molecular formula is C20H19N5O4S. The maximum absolute atomic E-state index is 12.6. The molecule has 0 fully saturated rings. The molecule has 4 rings (SSSR count). The number of carbonyl (C=O) groups is 1. The Balaban J connectivity index is 1.52. The van der Waals surface area contributed by atoms with Crippen molar-refractivity contribution in [3.05, 3.63) is 53.7 Å². The number of benzene rings is 1. The number of hydrogen-bond acceptors (Lipinski definition) is 7. The Morgan fingerprint density at radius 2 is 1.97 bits per heavy atom. The predicted octanol–water partition coefficient (Wildman–Crippen LogP) is 4.56. The summed E-state index contributed by atoms with van der Waals surface area (Å²) in [5, 5.41) is 12.5. The molecule has 0 aliphatic carbocycles. The molecule has 0 aliphatic rings. The van der Waals surface area contributed by atoms with E-state index in [4.69, 9.17) is 13.9 Å². The molecule has 3 heterocycles. The van der Waals surface area contributed by atoms with Gasteiger partial charge in [0.1, 0.15) is 11.5 Å². The minimum Gasteiger partial charge on any atom is -0.493 e. The quantitative estimate of drug-likeness (QED) is 0.469. The largest absolute Gasteiger partial charge is 0.493 e. The number of carbonyl (C=O) groups excluding carboxylic acids is 1. The van der Waals surface area contributed by atoms with E-state index in [9.17, 15) is 4.79 Å². The third kappa shape index (κ3) is 3.98. The molecule has 3 aromatic heterocycles. The van der Waals surface area contributed by atoms with Crippen LogP contribution in [0.4, 0.5) is 16.3 Å². The second-order valence-corrected chi connectivity index (χ2v) is 7.06. The van der Waals surface area contributed by atoms with Crippen molar-refractivity contribution in [2.45, 2.75) is 6.92 Å². The molecule has 0 spiro atoms. The summed E-state index contributed by atoms with van der Waals surface area (Å²) >= 11 is 1.40. The third-order valence-corrected chi connectivity index (χ3v) is 4.98. The summed E-state index contributed by atoms with van der Waals surface area (Å²) in [4.78, 5) is 17.1. The van der Waals surface area contributed by atoms with E-state index in [-0.39, 0.29) is 0 Å². The minimum atomic E-state index is -0.425. The van der Waals surface area contributed by atoms with Crippen molar-refractivity contribution in [2.75, 3.05) is 24.9 Å². The molecule has 4 aromatic rings. The van der Waals surface area contributed by atoms with E-state index in [1.807, 2.05) is 18.4 Å². The van der Waals surface area contributed by atoms with E-state index in [0.29, 0.717) is 39.6 Å². The highest BCUT2D eigenvalue weighted by Crippen LogP contribution is 2.30. The van der Waals surface area contributed by atoms with Gasteiger partial charge in [-0.25, -0.2) is 9.78 Å². The first-order chi connectivity index (χ1) is 14.6. The molecule has 0 aliphatic heterocycles. The van der Waals surface area contributed by atoms with E-state index >= 15 is 0 Å². The van der Waals surface area contributed by atoms with Gasteiger partial charge in [0.2, 0.25) is 5.13 Å². The summed E-state index contributed by atoms with van der Waals surface area (Å²) in [6.07, 6.45) is 1.60. The van der Waals surface area contributed by atoms with Crippen LogP contribution in [-0.4, -0.2) is 35.0 Å². The standard InChI is InChI=1S/C20H19N5O4S/c1-12-9-18(23-19(26)21-13-6-7-16(27-2)17(10-13)28-3)25(24-12)20-22-14(11-30-20)15-5-4-8-29-15/h4-11H,1-3H3,(H2,21,23,26). The summed E-state index contributed by atoms with van der Waals surface area (Å²) in [5.41, 5.74) is 2.00. The molecule has 0 atom stereocenters. The summed E-state index contributed by atoms with van der Waals surface area (Å²) in [5.74, 6) is 2.26. The Bertz CT molecular complexity index is 1170. The van der Waals surface area contributed by atoms with Gasteiger partial charge in [0.15, 0.2) is 17.3 Å². The average Bonchev–Trinajstić information content (AvgIpc) is 3.48. The number of hydrogen-bond donors (Lipinski definition) is 2. The molecule has 9 nitrogen and oxygen atoms in total. The lowest BCUT2D eigenvalue weighted by molar-refractivity contribution is 0.262. The van der Waals surface area contributed by atoms with Crippen LogP contribution < -0.4 is 20.1 Å². The van der Waals surface area contributed by atoms with Crippen molar-refractivity contribution in [1.82, 2.24) is 14.8 Å². The van der Waals surface area contributed by atoms with Gasteiger partial charge in [-0.05, 0) is 31.2 Å². The van der Waals surface area contributed by atoms with Crippen LogP contribution in [0.2, 0.25) is 0 Å². The lowest BCUT2D eigenvalue weighted by atomic mass is 10.3. The molecule has 0 radical (unpaired) electrons. The topological polar surface area (TPSA) is 103 Å². The van der Waals surface area contributed by atoms with Gasteiger partial charge in [-0.2, -0.15) is 9.78 Å². The van der Waals surface area contributed by atoms with Crippen LogP contribution in [-0.2, 0) is 0 Å². The Morgan fingerprint density at radius 1 is 1.13 bits per heavy atom. The molecule has 30 heavy (non-hydrogen) atoms. The van der Waals surface area contributed by atoms with Crippen molar-refractivity contribution in [2.24, 2.45) is 0 Å². The number of ether oxygens (including phenoxy) is 2. The van der Waals surface area contributed by atoms with Gasteiger partial charge in [-0.1, -0.05) is 0 Å². The van der Waals surface area contributed by atoms with E-state index < -0.39 is 6.03 Å². The van der Waals surface area contributed by atoms with E-state index in [1.165, 1.54) is 18.4 Å². The molecule has 0 bridgehead atoms. The summed E-state index contributed by atoms with van der Waals surface area (Å²) in [6.45, 7) is 1.84. The lowest BCUT2D eigenvalue weighted by Crippen LogP contribution is -2.21. The Hall–Kier alpha value is -3.79. The zero-order chi connectivity index (χ0) is 21.1. The highest BCUT2D eigenvalue weighted by atomic mass is 32.1. The molecule has 154 valence electrons. The number of nitrogens with zero attached hydrogens (tertiary/aromatic N) is 3. The first-order valence-electron chi connectivity index (χ1n) is 8.94. The smallest absolute Gasteiger partial charge is 0.324 e. The van der Waals surface area contributed by atoms with Crippen LogP contribution >= 0.6 is 11.3 Å². The highest BCUT2D eigenvalue weighted by Gasteiger charge is 2.16. The number of aromatic nitrogens is 3. The van der Waals surface area contributed by atoms with Crippen molar-refractivity contribution in [3.63, 3.8) is 0 Å². The minimum absolute atomic E-state index is 0.425. The van der Waals surface area contributed by atoms with E-state index in [2.05, 4.69) is 20.7 Å². The van der Waals surface area contributed by atoms with Crippen LogP contribution in [0.3, 0.4) is 0 Å². The van der Waals surface area contributed by atoms with Gasteiger partial charge in [-0.15, -0.1) is 11.3 Å². The van der Waals surface area contributed by atoms with Gasteiger partial charge in [0.25, 0.3) is 0 Å². The number of thiazole rings is 1. The van der Waals surface area contributed by atoms with Gasteiger partial charge >= 0.3 is 6.03 Å². The van der Waals surface area contributed by atoms with Crippen LogP contribution in [0, 0.1) is 6.92 Å². The number of furan rings is 1. The van der Waals surface area contributed by atoms with Gasteiger partial charge in [0, 0.05) is 23.2 Å². The fourth-order valence-electron chi connectivity index (χ4n) is 2.83. The Labute approximate surface area is 176 Å². The van der Waals surface area contributed by atoms with Crippen molar-refractivity contribution in [3.8, 4) is 28.1 Å². The number of nitrogens with one attached hydrogen (secondary N) is 2. The maximum atomic E-state index is 12.6. The lowest BCUT2D eigenvalue weighted by Gasteiger charge is -2.11. The first-order valence-corrected chi connectivity index (χ1v) is 9.82. The normalized spacial score (nSPS) is 10.6. The second-order valence-electron chi connectivity index (χ2n) is 6.22. The van der Waals surface area contributed by atoms with Crippen molar-refractivity contribution < 1.29 is 18.7 Å². The Morgan fingerprint density at radius 3 is 2.70 bits per heavy atom. The molecular weight excluding hydrogens is 406 g/mol. The molecule has 1 aromatic carbocycles. The maximum Gasteiger partial charge on any atom is 0.324 e. The second kappa shape index (κ2) is 8.29.